The van der Waals surface area contributed by atoms with E-state index in [1.165, 1.54) is 0 Å². The summed E-state index contributed by atoms with van der Waals surface area (Å²) >= 11 is 0. The van der Waals surface area contributed by atoms with Crippen molar-refractivity contribution in [2.24, 2.45) is 0 Å². The fourth-order valence-corrected chi connectivity index (χ4v) is 1.35. The molecule has 0 saturated carbocycles. The Bertz CT molecular complexity index is 432. The molecule has 0 atom stereocenters. The molecular weight excluding hydrogens is 170 g/mol. The van der Waals surface area contributed by atoms with Gasteiger partial charge in [0.1, 0.15) is 0 Å². The maximum atomic E-state index is 4.32. The molecule has 1 radical (unpaired) electrons. The lowest BCUT2D eigenvalue weighted by molar-refractivity contribution is 1.31. The SMILES string of the molecule is C=Cc1cccnc1-c1[c]cccc1. The van der Waals surface area contributed by atoms with Crippen LogP contribution in [0.4, 0.5) is 0 Å². The monoisotopic (exact) mass is 180 g/mol. The minimum Gasteiger partial charge on any atom is -0.256 e. The molecule has 0 saturated heterocycles. The first-order chi connectivity index (χ1) is 6.92. The summed E-state index contributed by atoms with van der Waals surface area (Å²) in [4.78, 5) is 4.32. The molecule has 0 aliphatic rings. The molecule has 1 nitrogen and oxygen atoms in total. The van der Waals surface area contributed by atoms with Crippen molar-refractivity contribution in [2.75, 3.05) is 0 Å². The first-order valence-electron chi connectivity index (χ1n) is 4.46. The summed E-state index contributed by atoms with van der Waals surface area (Å²) < 4.78 is 0. The van der Waals surface area contributed by atoms with E-state index in [2.05, 4.69) is 17.6 Å². The normalized spacial score (nSPS) is 9.71. The third kappa shape index (κ3) is 1.57. The van der Waals surface area contributed by atoms with Gasteiger partial charge >= 0.3 is 0 Å². The third-order valence-electron chi connectivity index (χ3n) is 2.02. The van der Waals surface area contributed by atoms with Crippen LogP contribution in [0.15, 0.2) is 49.2 Å². The summed E-state index contributed by atoms with van der Waals surface area (Å²) in [5, 5.41) is 0. The van der Waals surface area contributed by atoms with Gasteiger partial charge in [0, 0.05) is 17.3 Å². The maximum Gasteiger partial charge on any atom is 0.0780 e. The highest BCUT2D eigenvalue weighted by atomic mass is 14.7. The van der Waals surface area contributed by atoms with Crippen LogP contribution in [0.5, 0.6) is 0 Å². The highest BCUT2D eigenvalue weighted by Crippen LogP contribution is 2.20. The Morgan fingerprint density at radius 2 is 2.14 bits per heavy atom. The number of rotatable bonds is 2. The molecular formula is C13H10N. The van der Waals surface area contributed by atoms with Gasteiger partial charge in [-0.05, 0) is 12.1 Å². The Labute approximate surface area is 83.7 Å². The lowest BCUT2D eigenvalue weighted by Gasteiger charge is -2.03. The zero-order valence-corrected chi connectivity index (χ0v) is 7.77. The van der Waals surface area contributed by atoms with Crippen LogP contribution in [0.1, 0.15) is 5.56 Å². The average Bonchev–Trinajstić information content (AvgIpc) is 2.30. The molecule has 1 heteroatoms. The van der Waals surface area contributed by atoms with Gasteiger partial charge in [-0.1, -0.05) is 43.0 Å². The minimum absolute atomic E-state index is 0.933. The van der Waals surface area contributed by atoms with Gasteiger partial charge in [-0.15, -0.1) is 0 Å². The minimum atomic E-state index is 0.933. The third-order valence-corrected chi connectivity index (χ3v) is 2.02. The predicted octanol–water partition coefficient (Wildman–Crippen LogP) is 3.19. The summed E-state index contributed by atoms with van der Waals surface area (Å²) in [7, 11) is 0. The molecule has 1 aromatic heterocycles. The molecule has 0 aliphatic heterocycles. The van der Waals surface area contributed by atoms with Crippen LogP contribution in [0.25, 0.3) is 17.3 Å². The van der Waals surface area contributed by atoms with Crippen LogP contribution in [-0.4, -0.2) is 4.98 Å². The van der Waals surface area contributed by atoms with Gasteiger partial charge in [-0.2, -0.15) is 0 Å². The standard InChI is InChI=1S/C13H10N/c1-2-11-9-6-10-14-13(11)12-7-4-3-5-8-12/h2-7,9-10H,1H2. The molecule has 2 rings (SSSR count). The van der Waals surface area contributed by atoms with Gasteiger partial charge in [0.15, 0.2) is 0 Å². The molecule has 0 spiro atoms. The van der Waals surface area contributed by atoms with Crippen LogP contribution in [0.3, 0.4) is 0 Å². The first-order valence-corrected chi connectivity index (χ1v) is 4.46. The molecule has 1 heterocycles. The number of hydrogen-bond acceptors (Lipinski definition) is 1. The van der Waals surface area contributed by atoms with Gasteiger partial charge in [-0.25, -0.2) is 0 Å². The van der Waals surface area contributed by atoms with Crippen LogP contribution in [0, 0.1) is 6.07 Å². The molecule has 0 unspecified atom stereocenters. The topological polar surface area (TPSA) is 12.9 Å². The zero-order chi connectivity index (χ0) is 9.80. The molecule has 0 amide bonds. The van der Waals surface area contributed by atoms with Gasteiger partial charge < -0.3 is 0 Å². The molecule has 67 valence electrons. The van der Waals surface area contributed by atoms with Crippen molar-refractivity contribution >= 4 is 6.08 Å². The Hall–Kier alpha value is -1.89. The average molecular weight is 180 g/mol. The van der Waals surface area contributed by atoms with Crippen molar-refractivity contribution in [3.8, 4) is 11.3 Å². The molecule has 0 aliphatic carbocycles. The summed E-state index contributed by atoms with van der Waals surface area (Å²) in [5.74, 6) is 0. The second-order valence-corrected chi connectivity index (χ2v) is 2.92. The largest absolute Gasteiger partial charge is 0.256 e. The van der Waals surface area contributed by atoms with E-state index in [0.717, 1.165) is 16.8 Å². The number of nitrogens with zero attached hydrogens (tertiary/aromatic N) is 1. The summed E-state index contributed by atoms with van der Waals surface area (Å²) in [5.41, 5.74) is 2.97. The van der Waals surface area contributed by atoms with Gasteiger partial charge in [-0.3, -0.25) is 4.98 Å². The van der Waals surface area contributed by atoms with E-state index in [9.17, 15) is 0 Å². The van der Waals surface area contributed by atoms with Gasteiger partial charge in [0.2, 0.25) is 0 Å². The van der Waals surface area contributed by atoms with Gasteiger partial charge in [0.05, 0.1) is 5.69 Å². The van der Waals surface area contributed by atoms with Crippen LogP contribution >= 0.6 is 0 Å². The van der Waals surface area contributed by atoms with E-state index in [1.54, 1.807) is 6.20 Å². The molecule has 1 aromatic carbocycles. The predicted molar refractivity (Wildman–Crippen MR) is 58.6 cm³/mol. The number of aromatic nitrogens is 1. The van der Waals surface area contributed by atoms with Crippen molar-refractivity contribution in [2.45, 2.75) is 0 Å². The second kappa shape index (κ2) is 3.88. The fraction of sp³-hybridized carbons (Fsp3) is 0. The Kier molecular flexibility index (Phi) is 2.41. The van der Waals surface area contributed by atoms with Crippen LogP contribution < -0.4 is 0 Å². The van der Waals surface area contributed by atoms with E-state index >= 15 is 0 Å². The number of benzene rings is 1. The Morgan fingerprint density at radius 1 is 1.21 bits per heavy atom. The summed E-state index contributed by atoms with van der Waals surface area (Å²) in [6, 6.07) is 14.9. The van der Waals surface area contributed by atoms with Crippen molar-refractivity contribution in [1.82, 2.24) is 4.98 Å². The van der Waals surface area contributed by atoms with Crippen LogP contribution in [0.2, 0.25) is 0 Å². The summed E-state index contributed by atoms with van der Waals surface area (Å²) in [6.45, 7) is 3.76. The van der Waals surface area contributed by atoms with Crippen molar-refractivity contribution in [1.29, 1.82) is 0 Å². The smallest absolute Gasteiger partial charge is 0.0780 e. The molecule has 2 aromatic rings. The Morgan fingerprint density at radius 3 is 2.86 bits per heavy atom. The highest BCUT2D eigenvalue weighted by Gasteiger charge is 2.01. The lowest BCUT2D eigenvalue weighted by atomic mass is 10.1. The molecule has 14 heavy (non-hydrogen) atoms. The quantitative estimate of drug-likeness (QED) is 0.691. The van der Waals surface area contributed by atoms with Crippen LogP contribution in [-0.2, 0) is 0 Å². The number of pyridine rings is 1. The van der Waals surface area contributed by atoms with E-state index in [0.29, 0.717) is 0 Å². The number of hydrogen-bond donors (Lipinski definition) is 0. The van der Waals surface area contributed by atoms with E-state index in [4.69, 9.17) is 0 Å². The highest BCUT2D eigenvalue weighted by molar-refractivity contribution is 5.70. The molecule has 0 N–H and O–H groups in total. The fourth-order valence-electron chi connectivity index (χ4n) is 1.35. The summed E-state index contributed by atoms with van der Waals surface area (Å²) in [6.07, 6.45) is 3.59. The maximum absolute atomic E-state index is 4.32. The van der Waals surface area contributed by atoms with Crippen molar-refractivity contribution in [3.05, 3.63) is 60.8 Å². The second-order valence-electron chi connectivity index (χ2n) is 2.92. The Balaban J connectivity index is 2.57. The molecule has 0 fully saturated rings. The lowest BCUT2D eigenvalue weighted by Crippen LogP contribution is -1.86. The van der Waals surface area contributed by atoms with E-state index in [1.807, 2.05) is 42.5 Å². The van der Waals surface area contributed by atoms with Crippen molar-refractivity contribution < 1.29 is 0 Å². The first kappa shape index (κ1) is 8.70. The molecule has 0 bridgehead atoms. The van der Waals surface area contributed by atoms with Crippen molar-refractivity contribution in [3.63, 3.8) is 0 Å². The zero-order valence-electron chi connectivity index (χ0n) is 7.77. The van der Waals surface area contributed by atoms with E-state index < -0.39 is 0 Å². The van der Waals surface area contributed by atoms with Gasteiger partial charge in [0.25, 0.3) is 0 Å². The van der Waals surface area contributed by atoms with E-state index in [-0.39, 0.29) is 0 Å².